The molecule has 25 heavy (non-hydrogen) atoms. The van der Waals surface area contributed by atoms with E-state index in [4.69, 9.17) is 11.6 Å². The lowest BCUT2D eigenvalue weighted by Gasteiger charge is -2.18. The molecule has 0 spiro atoms. The number of carboxylic acid groups (broad SMARTS) is 1. The normalized spacial score (nSPS) is 12.2. The van der Waals surface area contributed by atoms with E-state index in [0.717, 1.165) is 18.3 Å². The molecule has 6 nitrogen and oxygen atoms in total. The summed E-state index contributed by atoms with van der Waals surface area (Å²) in [7, 11) is 0. The first-order valence-corrected chi connectivity index (χ1v) is 7.81. The Morgan fingerprint density at radius 1 is 1.40 bits per heavy atom. The van der Waals surface area contributed by atoms with Crippen molar-refractivity contribution in [2.75, 3.05) is 5.32 Å². The molecule has 0 amide bonds. The van der Waals surface area contributed by atoms with Gasteiger partial charge in [-0.1, -0.05) is 25.4 Å². The smallest absolute Gasteiger partial charge is 0.326 e. The molecule has 2 N–H and O–H groups in total. The van der Waals surface area contributed by atoms with Crippen molar-refractivity contribution in [3.63, 3.8) is 0 Å². The molecule has 1 atom stereocenters. The largest absolute Gasteiger partial charge is 0.480 e. The molecule has 2 rings (SSSR count). The van der Waals surface area contributed by atoms with Crippen molar-refractivity contribution in [2.45, 2.75) is 26.3 Å². The summed E-state index contributed by atoms with van der Waals surface area (Å²) in [6.45, 7) is 3.71. The molecule has 0 saturated carbocycles. The number of nitrogens with one attached hydrogen (secondary N) is 1. The molecule has 1 heterocycles. The Morgan fingerprint density at radius 3 is 2.64 bits per heavy atom. The summed E-state index contributed by atoms with van der Waals surface area (Å²) in [4.78, 5) is 23.6. The minimum Gasteiger partial charge on any atom is -0.480 e. The number of aromatic nitrogens is 2. The lowest BCUT2D eigenvalue weighted by molar-refractivity contribution is -0.138. The van der Waals surface area contributed by atoms with E-state index in [0.29, 0.717) is 17.2 Å². The predicted octanol–water partition coefficient (Wildman–Crippen LogP) is 3.08. The summed E-state index contributed by atoms with van der Waals surface area (Å²) in [6, 6.07) is 1.70. The molecule has 1 aromatic heterocycles. The minimum absolute atomic E-state index is 0.0264. The molecule has 0 aliphatic carbocycles. The summed E-state index contributed by atoms with van der Waals surface area (Å²) >= 11 is 5.99. The van der Waals surface area contributed by atoms with Crippen molar-refractivity contribution in [1.29, 1.82) is 0 Å². The summed E-state index contributed by atoms with van der Waals surface area (Å²) in [5.41, 5.74) is -1.10. The maximum atomic E-state index is 13.8. The standard InChI is InChI=1S/C16H16ClF2N3O3/c1-8(2)5-11(16(24)25)21-12-7-20-22(15(23)14(12)17)13-4-3-9(18)6-10(13)19/h3-4,6-8,11,21H,5H2,1-2H3,(H,24,25)/t11-/m1/s1. The highest BCUT2D eigenvalue weighted by Crippen LogP contribution is 2.20. The second-order valence-corrected chi connectivity index (χ2v) is 6.23. The molecule has 0 radical (unpaired) electrons. The third-order valence-electron chi connectivity index (χ3n) is 3.39. The van der Waals surface area contributed by atoms with Crippen molar-refractivity contribution in [1.82, 2.24) is 9.78 Å². The zero-order valence-corrected chi connectivity index (χ0v) is 14.2. The van der Waals surface area contributed by atoms with Crippen molar-refractivity contribution in [2.24, 2.45) is 5.92 Å². The fourth-order valence-electron chi connectivity index (χ4n) is 2.24. The van der Waals surface area contributed by atoms with Gasteiger partial charge in [0.2, 0.25) is 0 Å². The number of nitrogens with zero attached hydrogens (tertiary/aromatic N) is 2. The monoisotopic (exact) mass is 371 g/mol. The molecule has 0 aliphatic rings. The number of anilines is 1. The van der Waals surface area contributed by atoms with Gasteiger partial charge in [-0.25, -0.2) is 13.6 Å². The van der Waals surface area contributed by atoms with Crippen LogP contribution in [0.4, 0.5) is 14.5 Å². The Morgan fingerprint density at radius 2 is 2.08 bits per heavy atom. The van der Waals surface area contributed by atoms with E-state index in [1.807, 2.05) is 13.8 Å². The lowest BCUT2D eigenvalue weighted by Crippen LogP contribution is -2.32. The highest BCUT2D eigenvalue weighted by Gasteiger charge is 2.21. The van der Waals surface area contributed by atoms with E-state index >= 15 is 0 Å². The second kappa shape index (κ2) is 7.60. The highest BCUT2D eigenvalue weighted by atomic mass is 35.5. The van der Waals surface area contributed by atoms with Crippen LogP contribution in [0.1, 0.15) is 20.3 Å². The van der Waals surface area contributed by atoms with Gasteiger partial charge in [-0.05, 0) is 24.5 Å². The van der Waals surface area contributed by atoms with Crippen LogP contribution in [0.15, 0.2) is 29.2 Å². The number of aliphatic carboxylic acids is 1. The summed E-state index contributed by atoms with van der Waals surface area (Å²) in [5, 5.41) is 15.4. The van der Waals surface area contributed by atoms with Crippen molar-refractivity contribution in [3.05, 3.63) is 51.4 Å². The van der Waals surface area contributed by atoms with Crippen LogP contribution in [0.25, 0.3) is 5.69 Å². The lowest BCUT2D eigenvalue weighted by atomic mass is 10.0. The Hall–Kier alpha value is -2.48. The van der Waals surface area contributed by atoms with Gasteiger partial charge >= 0.3 is 5.97 Å². The average Bonchev–Trinajstić information content (AvgIpc) is 2.51. The van der Waals surface area contributed by atoms with Gasteiger partial charge in [0.15, 0.2) is 5.82 Å². The van der Waals surface area contributed by atoms with Crippen LogP contribution in [0, 0.1) is 17.6 Å². The predicted molar refractivity (Wildman–Crippen MR) is 89.3 cm³/mol. The Kier molecular flexibility index (Phi) is 5.73. The molecule has 0 unspecified atom stereocenters. The second-order valence-electron chi connectivity index (χ2n) is 5.85. The van der Waals surface area contributed by atoms with E-state index in [1.54, 1.807) is 0 Å². The summed E-state index contributed by atoms with van der Waals surface area (Å²) < 4.78 is 27.5. The van der Waals surface area contributed by atoms with Crippen LogP contribution in [-0.4, -0.2) is 26.9 Å². The van der Waals surface area contributed by atoms with E-state index in [9.17, 15) is 23.5 Å². The SMILES string of the molecule is CC(C)C[C@@H](Nc1cnn(-c2ccc(F)cc2F)c(=O)c1Cl)C(=O)O. The molecule has 1 aromatic carbocycles. The molecule has 9 heteroatoms. The molecular formula is C16H16ClF2N3O3. The Bertz CT molecular complexity index is 855. The first-order valence-electron chi connectivity index (χ1n) is 7.43. The van der Waals surface area contributed by atoms with Crippen molar-refractivity contribution < 1.29 is 18.7 Å². The maximum Gasteiger partial charge on any atom is 0.326 e. The minimum atomic E-state index is -1.10. The molecule has 0 saturated heterocycles. The van der Waals surface area contributed by atoms with E-state index < -0.39 is 29.2 Å². The van der Waals surface area contributed by atoms with E-state index in [-0.39, 0.29) is 22.3 Å². The van der Waals surface area contributed by atoms with Gasteiger partial charge in [0, 0.05) is 6.07 Å². The van der Waals surface area contributed by atoms with Crippen LogP contribution in [0.5, 0.6) is 0 Å². The van der Waals surface area contributed by atoms with Gasteiger partial charge in [-0.3, -0.25) is 4.79 Å². The number of halogens is 3. The maximum absolute atomic E-state index is 13.8. The van der Waals surface area contributed by atoms with Gasteiger partial charge in [0.25, 0.3) is 5.56 Å². The van der Waals surface area contributed by atoms with Gasteiger partial charge in [0.1, 0.15) is 22.6 Å². The van der Waals surface area contributed by atoms with E-state index in [1.165, 1.54) is 0 Å². The number of hydrogen-bond donors (Lipinski definition) is 2. The average molecular weight is 372 g/mol. The Labute approximate surface area is 147 Å². The van der Waals surface area contributed by atoms with Gasteiger partial charge in [-0.15, -0.1) is 0 Å². The molecular weight excluding hydrogens is 356 g/mol. The molecule has 0 aliphatic heterocycles. The van der Waals surface area contributed by atoms with Crippen LogP contribution in [-0.2, 0) is 4.79 Å². The molecule has 134 valence electrons. The molecule has 0 bridgehead atoms. The van der Waals surface area contributed by atoms with Crippen molar-refractivity contribution >= 4 is 23.3 Å². The topological polar surface area (TPSA) is 84.2 Å². The van der Waals surface area contributed by atoms with Gasteiger partial charge in [0.05, 0.1) is 11.9 Å². The number of benzene rings is 1. The van der Waals surface area contributed by atoms with Crippen LogP contribution in [0.2, 0.25) is 5.02 Å². The number of carboxylic acids is 1. The van der Waals surface area contributed by atoms with Crippen LogP contribution >= 0.6 is 11.6 Å². The zero-order valence-electron chi connectivity index (χ0n) is 13.5. The van der Waals surface area contributed by atoms with Gasteiger partial charge < -0.3 is 10.4 Å². The quantitative estimate of drug-likeness (QED) is 0.815. The first-order chi connectivity index (χ1) is 11.7. The third-order valence-corrected chi connectivity index (χ3v) is 3.76. The number of hydrogen-bond acceptors (Lipinski definition) is 4. The van der Waals surface area contributed by atoms with Gasteiger partial charge in [-0.2, -0.15) is 9.78 Å². The first kappa shape index (κ1) is 18.9. The zero-order chi connectivity index (χ0) is 18.7. The van der Waals surface area contributed by atoms with Crippen molar-refractivity contribution in [3.8, 4) is 5.69 Å². The number of carbonyl (C=O) groups is 1. The number of rotatable bonds is 6. The fourth-order valence-corrected chi connectivity index (χ4v) is 2.42. The summed E-state index contributed by atoms with van der Waals surface area (Å²) in [6.07, 6.45) is 1.43. The summed E-state index contributed by atoms with van der Waals surface area (Å²) in [5.74, 6) is -2.78. The van der Waals surface area contributed by atoms with Crippen LogP contribution in [0.3, 0.4) is 0 Å². The molecule has 0 fully saturated rings. The highest BCUT2D eigenvalue weighted by molar-refractivity contribution is 6.33. The van der Waals surface area contributed by atoms with E-state index in [2.05, 4.69) is 10.4 Å². The molecule has 2 aromatic rings. The fraction of sp³-hybridized carbons (Fsp3) is 0.312. The Balaban J connectivity index is 2.40. The van der Waals surface area contributed by atoms with Crippen LogP contribution < -0.4 is 10.9 Å². The third kappa shape index (κ3) is 4.33.